The zero-order valence-electron chi connectivity index (χ0n) is 11.1. The Hall–Kier alpha value is -0.870. The van der Waals surface area contributed by atoms with Crippen molar-refractivity contribution in [2.75, 3.05) is 20.1 Å². The molecule has 1 aromatic heterocycles. The molecule has 0 unspecified atom stereocenters. The van der Waals surface area contributed by atoms with E-state index in [4.69, 9.17) is 0 Å². The first-order chi connectivity index (χ1) is 8.02. The second-order valence-electron chi connectivity index (χ2n) is 5.31. The molecule has 1 fully saturated rings. The lowest BCUT2D eigenvalue weighted by Crippen LogP contribution is -2.44. The zero-order valence-corrected chi connectivity index (χ0v) is 11.1. The van der Waals surface area contributed by atoms with Crippen LogP contribution >= 0.6 is 0 Å². The van der Waals surface area contributed by atoms with Crippen LogP contribution in [0.3, 0.4) is 0 Å². The average Bonchev–Trinajstić information content (AvgIpc) is 2.64. The minimum absolute atomic E-state index is 0.536. The Morgan fingerprint density at radius 1 is 1.35 bits per heavy atom. The molecular formula is C13H23N3O. The van der Waals surface area contributed by atoms with Gasteiger partial charge in [-0.15, -0.1) is 0 Å². The van der Waals surface area contributed by atoms with E-state index >= 15 is 0 Å². The lowest BCUT2D eigenvalue weighted by molar-refractivity contribution is -0.0163. The van der Waals surface area contributed by atoms with Crippen LogP contribution in [-0.2, 0) is 19.9 Å². The maximum Gasteiger partial charge on any atom is 0.0727 e. The summed E-state index contributed by atoms with van der Waals surface area (Å²) in [5, 5.41) is 15.0. The van der Waals surface area contributed by atoms with Crippen molar-refractivity contribution in [1.29, 1.82) is 0 Å². The highest BCUT2D eigenvalue weighted by molar-refractivity contribution is 5.13. The predicted octanol–water partition coefficient (Wildman–Crippen LogP) is 0.982. The van der Waals surface area contributed by atoms with Crippen molar-refractivity contribution >= 4 is 0 Å². The number of aliphatic hydroxyl groups is 1. The Morgan fingerprint density at radius 3 is 2.53 bits per heavy atom. The summed E-state index contributed by atoms with van der Waals surface area (Å²) in [6.07, 6.45) is 3.39. The van der Waals surface area contributed by atoms with Gasteiger partial charge in [-0.05, 0) is 32.4 Å². The van der Waals surface area contributed by atoms with Crippen LogP contribution in [-0.4, -0.2) is 45.5 Å². The molecule has 96 valence electrons. The molecule has 0 atom stereocenters. The molecule has 1 aliphatic rings. The fraction of sp³-hybridized carbons (Fsp3) is 0.769. The molecular weight excluding hydrogens is 214 g/mol. The van der Waals surface area contributed by atoms with E-state index in [1.807, 2.05) is 11.7 Å². The largest absolute Gasteiger partial charge is 0.389 e. The van der Waals surface area contributed by atoms with Gasteiger partial charge < -0.3 is 10.0 Å². The number of hydrogen-bond donors (Lipinski definition) is 1. The summed E-state index contributed by atoms with van der Waals surface area (Å²) in [4.78, 5) is 2.27. The third kappa shape index (κ3) is 2.87. The van der Waals surface area contributed by atoms with E-state index < -0.39 is 5.60 Å². The van der Waals surface area contributed by atoms with Crippen molar-refractivity contribution in [2.45, 2.75) is 38.2 Å². The number of rotatable bonds is 3. The number of likely N-dealkylation sites (tertiary alicyclic amines) is 1. The van der Waals surface area contributed by atoms with Gasteiger partial charge >= 0.3 is 0 Å². The van der Waals surface area contributed by atoms with Crippen LogP contribution in [0, 0.1) is 0 Å². The summed E-state index contributed by atoms with van der Waals surface area (Å²) >= 11 is 0. The summed E-state index contributed by atoms with van der Waals surface area (Å²) in [6.45, 7) is 4.07. The molecule has 17 heavy (non-hydrogen) atoms. The van der Waals surface area contributed by atoms with Crippen LogP contribution in [0.2, 0.25) is 0 Å². The van der Waals surface area contributed by atoms with Gasteiger partial charge in [0.1, 0.15) is 0 Å². The zero-order chi connectivity index (χ0) is 12.5. The van der Waals surface area contributed by atoms with Crippen molar-refractivity contribution in [3.8, 4) is 0 Å². The number of nitrogens with zero attached hydrogens (tertiary/aromatic N) is 3. The highest BCUT2D eigenvalue weighted by Crippen LogP contribution is 2.25. The molecule has 2 rings (SSSR count). The van der Waals surface area contributed by atoms with Gasteiger partial charge in [-0.2, -0.15) is 5.10 Å². The van der Waals surface area contributed by atoms with Crippen molar-refractivity contribution in [2.24, 2.45) is 7.05 Å². The van der Waals surface area contributed by atoms with Gasteiger partial charge in [-0.25, -0.2) is 0 Å². The lowest BCUT2D eigenvalue weighted by Gasteiger charge is -2.36. The van der Waals surface area contributed by atoms with E-state index in [1.54, 1.807) is 0 Å². The van der Waals surface area contributed by atoms with Crippen molar-refractivity contribution in [3.05, 3.63) is 17.5 Å². The summed E-state index contributed by atoms with van der Waals surface area (Å²) in [5.41, 5.74) is 1.72. The molecule has 2 heterocycles. The smallest absolute Gasteiger partial charge is 0.0727 e. The van der Waals surface area contributed by atoms with Crippen molar-refractivity contribution in [3.63, 3.8) is 0 Å². The Labute approximate surface area is 103 Å². The highest BCUT2D eigenvalue weighted by atomic mass is 16.3. The molecule has 0 saturated carbocycles. The monoisotopic (exact) mass is 237 g/mol. The molecule has 0 bridgehead atoms. The van der Waals surface area contributed by atoms with Gasteiger partial charge in [-0.1, -0.05) is 6.92 Å². The Balaban J connectivity index is 2.06. The van der Waals surface area contributed by atoms with E-state index in [2.05, 4.69) is 30.0 Å². The normalized spacial score (nSPS) is 20.7. The molecule has 0 radical (unpaired) electrons. The van der Waals surface area contributed by atoms with Gasteiger partial charge in [0.05, 0.1) is 11.3 Å². The molecule has 4 nitrogen and oxygen atoms in total. The Morgan fingerprint density at radius 2 is 2.00 bits per heavy atom. The third-order valence-corrected chi connectivity index (χ3v) is 3.82. The van der Waals surface area contributed by atoms with Crippen molar-refractivity contribution in [1.82, 2.24) is 14.7 Å². The standard InChI is InChI=1S/C13H23N3O/c1-4-11-9-12(16(3)14-11)10-13(17)5-7-15(2)8-6-13/h9,17H,4-8,10H2,1-3H3. The molecule has 0 aliphatic carbocycles. The molecule has 1 aliphatic heterocycles. The van der Waals surface area contributed by atoms with E-state index in [-0.39, 0.29) is 0 Å². The summed E-state index contributed by atoms with van der Waals surface area (Å²) < 4.78 is 1.91. The second-order valence-corrected chi connectivity index (χ2v) is 5.31. The van der Waals surface area contributed by atoms with Gasteiger partial charge in [0.2, 0.25) is 0 Å². The number of piperidine rings is 1. The first kappa shape index (κ1) is 12.6. The predicted molar refractivity (Wildman–Crippen MR) is 68.0 cm³/mol. The van der Waals surface area contributed by atoms with Crippen molar-refractivity contribution < 1.29 is 5.11 Å². The van der Waals surface area contributed by atoms with E-state index in [9.17, 15) is 5.11 Å². The minimum Gasteiger partial charge on any atom is -0.389 e. The van der Waals surface area contributed by atoms with Crippen LogP contribution in [0.4, 0.5) is 0 Å². The van der Waals surface area contributed by atoms with Crippen LogP contribution in [0.25, 0.3) is 0 Å². The van der Waals surface area contributed by atoms with Gasteiger partial charge in [0.25, 0.3) is 0 Å². The fourth-order valence-electron chi connectivity index (χ4n) is 2.46. The second kappa shape index (κ2) is 4.78. The Kier molecular flexibility index (Phi) is 3.54. The molecule has 0 spiro atoms. The molecule has 0 amide bonds. The van der Waals surface area contributed by atoms with E-state index in [1.165, 1.54) is 0 Å². The number of aromatic nitrogens is 2. The van der Waals surface area contributed by atoms with E-state index in [0.717, 1.165) is 50.2 Å². The third-order valence-electron chi connectivity index (χ3n) is 3.82. The average molecular weight is 237 g/mol. The molecule has 1 N–H and O–H groups in total. The maximum absolute atomic E-state index is 10.6. The molecule has 1 aromatic rings. The Bertz CT molecular complexity index is 378. The molecule has 0 aromatic carbocycles. The summed E-state index contributed by atoms with van der Waals surface area (Å²) in [5.74, 6) is 0. The summed E-state index contributed by atoms with van der Waals surface area (Å²) in [6, 6.07) is 2.12. The molecule has 4 heteroatoms. The summed E-state index contributed by atoms with van der Waals surface area (Å²) in [7, 11) is 4.08. The number of hydrogen-bond acceptors (Lipinski definition) is 3. The number of aryl methyl sites for hydroxylation is 2. The molecule has 1 saturated heterocycles. The van der Waals surface area contributed by atoms with Crippen LogP contribution < -0.4 is 0 Å². The SMILES string of the molecule is CCc1cc(CC2(O)CCN(C)CC2)n(C)n1. The quantitative estimate of drug-likeness (QED) is 0.852. The highest BCUT2D eigenvalue weighted by Gasteiger charge is 2.32. The topological polar surface area (TPSA) is 41.3 Å². The van der Waals surface area contributed by atoms with E-state index in [0.29, 0.717) is 0 Å². The van der Waals surface area contributed by atoms with Gasteiger partial charge in [-0.3, -0.25) is 4.68 Å². The minimum atomic E-state index is -0.536. The van der Waals surface area contributed by atoms with Crippen LogP contribution in [0.5, 0.6) is 0 Å². The first-order valence-electron chi connectivity index (χ1n) is 6.45. The van der Waals surface area contributed by atoms with Crippen LogP contribution in [0.1, 0.15) is 31.2 Å². The lowest BCUT2D eigenvalue weighted by atomic mass is 9.87. The van der Waals surface area contributed by atoms with Gasteiger partial charge in [0.15, 0.2) is 0 Å². The first-order valence-corrected chi connectivity index (χ1v) is 6.45. The van der Waals surface area contributed by atoms with Gasteiger partial charge in [0, 0.05) is 32.3 Å². The maximum atomic E-state index is 10.6. The van der Waals surface area contributed by atoms with Crippen LogP contribution in [0.15, 0.2) is 6.07 Å². The fourth-order valence-corrected chi connectivity index (χ4v) is 2.46.